The summed E-state index contributed by atoms with van der Waals surface area (Å²) >= 11 is 0. The van der Waals surface area contributed by atoms with Gasteiger partial charge in [0, 0.05) is 6.04 Å². The highest BCUT2D eigenvalue weighted by Crippen LogP contribution is 2.23. The molecule has 1 rings (SSSR count). The number of hydrogen-bond donors (Lipinski definition) is 1. The van der Waals surface area contributed by atoms with Gasteiger partial charge in [-0.15, -0.1) is 0 Å². The van der Waals surface area contributed by atoms with Crippen LogP contribution in [0.3, 0.4) is 0 Å². The van der Waals surface area contributed by atoms with Crippen LogP contribution >= 0.6 is 0 Å². The monoisotopic (exact) mass is 235 g/mol. The van der Waals surface area contributed by atoms with E-state index in [2.05, 4.69) is 38.2 Å². The second kappa shape index (κ2) is 6.65. The SMILES string of the molecule is CCC(CCc1cc(C)c(OC)cc1C)NC. The number of rotatable bonds is 6. The molecule has 0 aliphatic rings. The normalized spacial score (nSPS) is 12.5. The van der Waals surface area contributed by atoms with Gasteiger partial charge in [-0.05, 0) is 62.9 Å². The Morgan fingerprint density at radius 2 is 1.94 bits per heavy atom. The van der Waals surface area contributed by atoms with E-state index in [-0.39, 0.29) is 0 Å². The van der Waals surface area contributed by atoms with Crippen molar-refractivity contribution in [3.8, 4) is 5.75 Å². The fourth-order valence-electron chi connectivity index (χ4n) is 2.22. The largest absolute Gasteiger partial charge is 0.496 e. The molecule has 0 bridgehead atoms. The predicted molar refractivity (Wildman–Crippen MR) is 73.9 cm³/mol. The van der Waals surface area contributed by atoms with E-state index in [0.717, 1.165) is 12.2 Å². The Labute approximate surface area is 105 Å². The maximum Gasteiger partial charge on any atom is 0.122 e. The maximum absolute atomic E-state index is 5.34. The van der Waals surface area contributed by atoms with E-state index < -0.39 is 0 Å². The fourth-order valence-corrected chi connectivity index (χ4v) is 2.22. The van der Waals surface area contributed by atoms with Crippen LogP contribution in [-0.4, -0.2) is 20.2 Å². The van der Waals surface area contributed by atoms with Gasteiger partial charge >= 0.3 is 0 Å². The number of methoxy groups -OCH3 is 1. The summed E-state index contributed by atoms with van der Waals surface area (Å²) < 4.78 is 5.34. The van der Waals surface area contributed by atoms with E-state index in [1.807, 2.05) is 7.05 Å². The Bertz CT molecular complexity index is 356. The van der Waals surface area contributed by atoms with Crippen molar-refractivity contribution in [1.82, 2.24) is 5.32 Å². The van der Waals surface area contributed by atoms with E-state index in [1.54, 1.807) is 7.11 Å². The van der Waals surface area contributed by atoms with Crippen LogP contribution in [0.2, 0.25) is 0 Å². The number of ether oxygens (including phenoxy) is 1. The van der Waals surface area contributed by atoms with E-state index >= 15 is 0 Å². The van der Waals surface area contributed by atoms with Crippen molar-refractivity contribution in [3.63, 3.8) is 0 Å². The van der Waals surface area contributed by atoms with Crippen molar-refractivity contribution in [1.29, 1.82) is 0 Å². The molecule has 1 aromatic carbocycles. The maximum atomic E-state index is 5.34. The summed E-state index contributed by atoms with van der Waals surface area (Å²) in [7, 11) is 3.77. The van der Waals surface area contributed by atoms with Crippen molar-refractivity contribution >= 4 is 0 Å². The molecule has 0 aliphatic heterocycles. The van der Waals surface area contributed by atoms with Crippen molar-refractivity contribution in [2.24, 2.45) is 0 Å². The molecule has 1 aromatic rings. The van der Waals surface area contributed by atoms with Crippen LogP contribution < -0.4 is 10.1 Å². The molecule has 2 heteroatoms. The molecule has 0 saturated carbocycles. The van der Waals surface area contributed by atoms with Gasteiger partial charge in [0.1, 0.15) is 5.75 Å². The van der Waals surface area contributed by atoms with Gasteiger partial charge in [-0.3, -0.25) is 0 Å². The van der Waals surface area contributed by atoms with E-state index in [0.29, 0.717) is 6.04 Å². The molecule has 96 valence electrons. The molecule has 0 aliphatic carbocycles. The summed E-state index contributed by atoms with van der Waals surface area (Å²) in [5, 5.41) is 3.35. The molecule has 1 N–H and O–H groups in total. The second-order valence-corrected chi connectivity index (χ2v) is 4.68. The van der Waals surface area contributed by atoms with Crippen LogP contribution in [0.25, 0.3) is 0 Å². The van der Waals surface area contributed by atoms with Crippen molar-refractivity contribution in [3.05, 3.63) is 28.8 Å². The molecule has 1 atom stereocenters. The predicted octanol–water partition coefficient (Wildman–Crippen LogP) is 3.24. The average Bonchev–Trinajstić information content (AvgIpc) is 2.34. The van der Waals surface area contributed by atoms with Crippen LogP contribution in [0.4, 0.5) is 0 Å². The zero-order chi connectivity index (χ0) is 12.8. The van der Waals surface area contributed by atoms with Gasteiger partial charge in [0.2, 0.25) is 0 Å². The van der Waals surface area contributed by atoms with Crippen molar-refractivity contribution < 1.29 is 4.74 Å². The lowest BCUT2D eigenvalue weighted by molar-refractivity contribution is 0.411. The van der Waals surface area contributed by atoms with Crippen LogP contribution in [-0.2, 0) is 6.42 Å². The molecule has 0 radical (unpaired) electrons. The van der Waals surface area contributed by atoms with Crippen LogP contribution in [0, 0.1) is 13.8 Å². The highest BCUT2D eigenvalue weighted by Gasteiger charge is 2.07. The van der Waals surface area contributed by atoms with Gasteiger partial charge in [-0.1, -0.05) is 13.0 Å². The number of benzene rings is 1. The van der Waals surface area contributed by atoms with Gasteiger partial charge in [-0.2, -0.15) is 0 Å². The van der Waals surface area contributed by atoms with E-state index in [1.165, 1.54) is 29.5 Å². The van der Waals surface area contributed by atoms with Crippen LogP contribution in [0.1, 0.15) is 36.5 Å². The minimum absolute atomic E-state index is 0.622. The van der Waals surface area contributed by atoms with Gasteiger partial charge in [0.15, 0.2) is 0 Å². The Morgan fingerprint density at radius 1 is 1.24 bits per heavy atom. The quantitative estimate of drug-likeness (QED) is 0.817. The third-order valence-corrected chi connectivity index (χ3v) is 3.52. The topological polar surface area (TPSA) is 21.3 Å². The van der Waals surface area contributed by atoms with Crippen molar-refractivity contribution in [2.45, 2.75) is 46.1 Å². The molecular weight excluding hydrogens is 210 g/mol. The molecule has 0 aromatic heterocycles. The molecule has 0 fully saturated rings. The molecule has 0 heterocycles. The smallest absolute Gasteiger partial charge is 0.122 e. The van der Waals surface area contributed by atoms with Crippen molar-refractivity contribution in [2.75, 3.05) is 14.2 Å². The standard InChI is InChI=1S/C15H25NO/c1-6-14(16-4)8-7-13-9-12(3)15(17-5)10-11(13)2/h9-10,14,16H,6-8H2,1-5H3. The summed E-state index contributed by atoms with van der Waals surface area (Å²) in [6, 6.07) is 5.03. The number of aryl methyl sites for hydroxylation is 3. The summed E-state index contributed by atoms with van der Waals surface area (Å²) in [5.74, 6) is 0.993. The Balaban J connectivity index is 2.75. The first-order valence-electron chi connectivity index (χ1n) is 6.43. The molecule has 0 spiro atoms. The molecule has 2 nitrogen and oxygen atoms in total. The first-order valence-corrected chi connectivity index (χ1v) is 6.43. The summed E-state index contributed by atoms with van der Waals surface area (Å²) in [4.78, 5) is 0. The fraction of sp³-hybridized carbons (Fsp3) is 0.600. The van der Waals surface area contributed by atoms with Gasteiger partial charge in [0.05, 0.1) is 7.11 Å². The number of nitrogens with one attached hydrogen (secondary N) is 1. The first-order chi connectivity index (χ1) is 8.12. The van der Waals surface area contributed by atoms with Gasteiger partial charge in [0.25, 0.3) is 0 Å². The Hall–Kier alpha value is -1.02. The third-order valence-electron chi connectivity index (χ3n) is 3.52. The van der Waals surface area contributed by atoms with Gasteiger partial charge < -0.3 is 10.1 Å². The first kappa shape index (κ1) is 14.0. The van der Waals surface area contributed by atoms with E-state index in [9.17, 15) is 0 Å². The lowest BCUT2D eigenvalue weighted by Crippen LogP contribution is -2.24. The Morgan fingerprint density at radius 3 is 2.47 bits per heavy atom. The van der Waals surface area contributed by atoms with Crippen LogP contribution in [0.15, 0.2) is 12.1 Å². The summed E-state index contributed by atoms with van der Waals surface area (Å²) in [6.45, 7) is 6.50. The zero-order valence-electron chi connectivity index (χ0n) is 11.8. The van der Waals surface area contributed by atoms with Gasteiger partial charge in [-0.25, -0.2) is 0 Å². The molecular formula is C15H25NO. The highest BCUT2D eigenvalue weighted by atomic mass is 16.5. The second-order valence-electron chi connectivity index (χ2n) is 4.68. The highest BCUT2D eigenvalue weighted by molar-refractivity contribution is 5.41. The minimum Gasteiger partial charge on any atom is -0.496 e. The summed E-state index contributed by atoms with van der Waals surface area (Å²) in [6.07, 6.45) is 3.51. The zero-order valence-corrected chi connectivity index (χ0v) is 11.8. The molecule has 0 saturated heterocycles. The third kappa shape index (κ3) is 3.74. The lowest BCUT2D eigenvalue weighted by atomic mass is 9.97. The average molecular weight is 235 g/mol. The molecule has 17 heavy (non-hydrogen) atoms. The Kier molecular flexibility index (Phi) is 5.49. The van der Waals surface area contributed by atoms with Crippen LogP contribution in [0.5, 0.6) is 5.75 Å². The molecule has 1 unspecified atom stereocenters. The van der Waals surface area contributed by atoms with E-state index in [4.69, 9.17) is 4.74 Å². The minimum atomic E-state index is 0.622. The number of hydrogen-bond acceptors (Lipinski definition) is 2. The lowest BCUT2D eigenvalue weighted by Gasteiger charge is -2.16. The molecule has 0 amide bonds. The summed E-state index contributed by atoms with van der Waals surface area (Å²) in [5.41, 5.74) is 4.00.